The van der Waals surface area contributed by atoms with Gasteiger partial charge in [-0.1, -0.05) is 0 Å². The monoisotopic (exact) mass is 287 g/mol. The third-order valence-electron chi connectivity index (χ3n) is 3.27. The Bertz CT molecular complexity index is 217. The molecule has 1 fully saturated rings. The quantitative estimate of drug-likeness (QED) is 0.495. The Hall–Kier alpha value is -0.650. The second-order valence-electron chi connectivity index (χ2n) is 5.47. The summed E-state index contributed by atoms with van der Waals surface area (Å²) in [5.41, 5.74) is 0. The number of carbonyl (C=O) groups is 1. The molecule has 0 radical (unpaired) electrons. The lowest BCUT2D eigenvalue weighted by molar-refractivity contribution is -0.115. The molecule has 1 aliphatic heterocycles. The van der Waals surface area contributed by atoms with Gasteiger partial charge in [-0.15, -0.1) is 0 Å². The number of hydrogen-bond donors (Lipinski definition) is 0. The first-order valence-electron chi connectivity index (χ1n) is 7.70. The second kappa shape index (κ2) is 13.3. The molecular weight excluding hydrogens is 254 g/mol. The molecule has 0 aromatic rings. The Balaban J connectivity index is 0.000000621. The fraction of sp³-hybridized carbons (Fsp3) is 0.933. The van der Waals surface area contributed by atoms with Crippen LogP contribution in [0.25, 0.3) is 0 Å². The molecule has 5 heteroatoms. The Morgan fingerprint density at radius 1 is 1.10 bits per heavy atom. The minimum absolute atomic E-state index is 0.750. The molecule has 1 saturated heterocycles. The minimum atomic E-state index is 0.750. The first kappa shape index (κ1) is 19.4. The van der Waals surface area contributed by atoms with Crippen molar-refractivity contribution in [2.24, 2.45) is 0 Å². The first-order chi connectivity index (χ1) is 9.60. The minimum Gasteiger partial charge on any atom is -0.382 e. The maximum absolute atomic E-state index is 9.43. The average molecular weight is 287 g/mol. The van der Waals surface area contributed by atoms with E-state index in [0.29, 0.717) is 0 Å². The average Bonchev–Trinajstić information content (AvgIpc) is 2.45. The van der Waals surface area contributed by atoms with Crippen LogP contribution in [0, 0.1) is 0 Å². The van der Waals surface area contributed by atoms with Crippen LogP contribution >= 0.6 is 0 Å². The zero-order chi connectivity index (χ0) is 15.2. The molecule has 1 aliphatic rings. The van der Waals surface area contributed by atoms with E-state index in [1.165, 1.54) is 56.9 Å². The van der Waals surface area contributed by atoms with Gasteiger partial charge in [-0.2, -0.15) is 0 Å². The predicted octanol–water partition coefficient (Wildman–Crippen LogP) is 1.15. The number of amides is 1. The van der Waals surface area contributed by atoms with Crippen LogP contribution in [0.5, 0.6) is 0 Å². The van der Waals surface area contributed by atoms with Gasteiger partial charge in [-0.3, -0.25) is 4.79 Å². The van der Waals surface area contributed by atoms with E-state index in [-0.39, 0.29) is 0 Å². The van der Waals surface area contributed by atoms with Gasteiger partial charge in [0, 0.05) is 53.5 Å². The predicted molar refractivity (Wildman–Crippen MR) is 84.0 cm³/mol. The summed E-state index contributed by atoms with van der Waals surface area (Å²) < 4.78 is 5.32. The highest BCUT2D eigenvalue weighted by molar-refractivity contribution is 5.45. The van der Waals surface area contributed by atoms with Crippen LogP contribution in [0.4, 0.5) is 0 Å². The van der Waals surface area contributed by atoms with Crippen LogP contribution in [0.3, 0.4) is 0 Å². The van der Waals surface area contributed by atoms with Gasteiger partial charge in [0.05, 0.1) is 0 Å². The number of ether oxygens (including phenoxy) is 1. The van der Waals surface area contributed by atoms with E-state index in [0.717, 1.165) is 19.6 Å². The number of rotatable bonds is 8. The van der Waals surface area contributed by atoms with E-state index in [9.17, 15) is 4.79 Å². The summed E-state index contributed by atoms with van der Waals surface area (Å²) in [5, 5.41) is 0. The number of nitrogens with zero attached hydrogens (tertiary/aromatic N) is 3. The van der Waals surface area contributed by atoms with Gasteiger partial charge in [-0.05, 0) is 39.8 Å². The molecule has 0 N–H and O–H groups in total. The molecule has 0 spiro atoms. The van der Waals surface area contributed by atoms with Crippen molar-refractivity contribution < 1.29 is 9.53 Å². The lowest BCUT2D eigenvalue weighted by Gasteiger charge is -2.32. The maximum atomic E-state index is 9.43. The van der Waals surface area contributed by atoms with Crippen LogP contribution in [-0.2, 0) is 9.53 Å². The third-order valence-corrected chi connectivity index (χ3v) is 3.27. The number of piperazine rings is 1. The summed E-state index contributed by atoms with van der Waals surface area (Å²) >= 11 is 0. The zero-order valence-corrected chi connectivity index (χ0v) is 13.8. The van der Waals surface area contributed by atoms with Crippen molar-refractivity contribution in [2.75, 3.05) is 67.1 Å². The molecule has 1 rings (SSSR count). The summed E-state index contributed by atoms with van der Waals surface area (Å²) in [6.07, 6.45) is 4.62. The van der Waals surface area contributed by atoms with Crippen molar-refractivity contribution in [1.29, 1.82) is 0 Å². The molecule has 0 aliphatic carbocycles. The van der Waals surface area contributed by atoms with Crippen LogP contribution in [0.2, 0.25) is 0 Å². The van der Waals surface area contributed by atoms with E-state index in [1.54, 1.807) is 14.1 Å². The van der Waals surface area contributed by atoms with Crippen molar-refractivity contribution in [2.45, 2.75) is 26.2 Å². The number of carbonyl (C=O) groups excluding carboxylic acids is 1. The fourth-order valence-corrected chi connectivity index (χ4v) is 1.93. The van der Waals surface area contributed by atoms with Crippen molar-refractivity contribution in [1.82, 2.24) is 14.7 Å². The van der Waals surface area contributed by atoms with Gasteiger partial charge in [0.25, 0.3) is 0 Å². The van der Waals surface area contributed by atoms with Gasteiger partial charge in [0.15, 0.2) is 0 Å². The van der Waals surface area contributed by atoms with Gasteiger partial charge in [0.1, 0.15) is 0 Å². The molecule has 0 bridgehead atoms. The molecule has 0 aromatic heterocycles. The van der Waals surface area contributed by atoms with E-state index in [4.69, 9.17) is 4.74 Å². The highest BCUT2D eigenvalue weighted by Gasteiger charge is 2.12. The highest BCUT2D eigenvalue weighted by Crippen LogP contribution is 2.03. The number of unbranched alkanes of at least 4 members (excludes halogenated alkanes) is 2. The Labute approximate surface area is 124 Å². The normalized spacial score (nSPS) is 16.4. The van der Waals surface area contributed by atoms with Gasteiger partial charge in [-0.25, -0.2) is 0 Å². The second-order valence-corrected chi connectivity index (χ2v) is 5.47. The summed E-state index contributed by atoms with van der Waals surface area (Å²) in [5.74, 6) is 0. The summed E-state index contributed by atoms with van der Waals surface area (Å²) in [6.45, 7) is 10.1. The largest absolute Gasteiger partial charge is 0.382 e. The van der Waals surface area contributed by atoms with Crippen LogP contribution < -0.4 is 0 Å². The van der Waals surface area contributed by atoms with Crippen molar-refractivity contribution in [3.05, 3.63) is 0 Å². The molecule has 20 heavy (non-hydrogen) atoms. The van der Waals surface area contributed by atoms with E-state index >= 15 is 0 Å². The first-order valence-corrected chi connectivity index (χ1v) is 7.70. The topological polar surface area (TPSA) is 36.0 Å². The lowest BCUT2D eigenvalue weighted by atomic mass is 10.2. The van der Waals surface area contributed by atoms with Crippen molar-refractivity contribution in [3.63, 3.8) is 0 Å². The van der Waals surface area contributed by atoms with Gasteiger partial charge in [0.2, 0.25) is 6.41 Å². The van der Waals surface area contributed by atoms with Crippen LogP contribution in [0.1, 0.15) is 26.2 Å². The Morgan fingerprint density at radius 3 is 2.20 bits per heavy atom. The standard InChI is InChI=1S/C12H26N2O.C3H7NO/c1-3-15-12-6-4-5-7-14-10-8-13(2)9-11-14;1-4(2)3-5/h3-12H2,1-2H3;3H,1-2H3. The highest BCUT2D eigenvalue weighted by atomic mass is 16.5. The third kappa shape index (κ3) is 12.4. The lowest BCUT2D eigenvalue weighted by Crippen LogP contribution is -2.44. The van der Waals surface area contributed by atoms with Crippen molar-refractivity contribution >= 4 is 6.41 Å². The fourth-order valence-electron chi connectivity index (χ4n) is 1.93. The summed E-state index contributed by atoms with van der Waals surface area (Å²) in [4.78, 5) is 15.9. The van der Waals surface area contributed by atoms with Crippen LogP contribution in [0.15, 0.2) is 0 Å². The SMILES string of the molecule is CCOCCCCCN1CCN(C)CC1.CN(C)C=O. The zero-order valence-electron chi connectivity index (χ0n) is 13.8. The van der Waals surface area contributed by atoms with Crippen LogP contribution in [-0.4, -0.2) is 88.2 Å². The molecule has 120 valence electrons. The molecule has 1 heterocycles. The van der Waals surface area contributed by atoms with Crippen molar-refractivity contribution in [3.8, 4) is 0 Å². The molecule has 1 amide bonds. The summed E-state index contributed by atoms with van der Waals surface area (Å²) in [7, 11) is 5.58. The molecule has 0 aromatic carbocycles. The van der Waals surface area contributed by atoms with E-state index in [2.05, 4.69) is 23.8 Å². The summed E-state index contributed by atoms with van der Waals surface area (Å²) in [6, 6.07) is 0. The number of likely N-dealkylation sites (N-methyl/N-ethyl adjacent to an activating group) is 1. The van der Waals surface area contributed by atoms with Gasteiger partial charge >= 0.3 is 0 Å². The molecule has 0 saturated carbocycles. The Morgan fingerprint density at radius 2 is 1.70 bits per heavy atom. The Kier molecular flexibility index (Phi) is 12.9. The van der Waals surface area contributed by atoms with Gasteiger partial charge < -0.3 is 19.4 Å². The molecular formula is C15H33N3O2. The molecule has 0 unspecified atom stereocenters. The molecule has 0 atom stereocenters. The van der Waals surface area contributed by atoms with E-state index < -0.39 is 0 Å². The molecule has 5 nitrogen and oxygen atoms in total. The smallest absolute Gasteiger partial charge is 0.209 e. The van der Waals surface area contributed by atoms with E-state index in [1.807, 2.05) is 0 Å². The maximum Gasteiger partial charge on any atom is 0.209 e. The number of hydrogen-bond acceptors (Lipinski definition) is 4.